The summed E-state index contributed by atoms with van der Waals surface area (Å²) in [5, 5.41) is 6.82. The molecule has 0 saturated heterocycles. The Morgan fingerprint density at radius 2 is 2.26 bits per heavy atom. The van der Waals surface area contributed by atoms with Crippen LogP contribution < -0.4 is 5.32 Å². The molecule has 1 heterocycles. The molecule has 0 spiro atoms. The summed E-state index contributed by atoms with van der Waals surface area (Å²) in [5.74, 6) is -0.111. The van der Waals surface area contributed by atoms with Gasteiger partial charge in [0.15, 0.2) is 0 Å². The third-order valence-corrected chi connectivity index (χ3v) is 3.67. The first-order valence-electron chi connectivity index (χ1n) is 6.55. The number of aromatic nitrogens is 1. The van der Waals surface area contributed by atoms with Gasteiger partial charge in [-0.05, 0) is 37.3 Å². The van der Waals surface area contributed by atoms with Crippen LogP contribution in [0.5, 0.6) is 0 Å². The molecule has 1 aliphatic rings. The van der Waals surface area contributed by atoms with Crippen LogP contribution in [0.15, 0.2) is 35.1 Å². The number of carbonyl (C=O) groups excluding carboxylic acids is 1. The smallest absolute Gasteiger partial charge is 0.256 e. The third-order valence-electron chi connectivity index (χ3n) is 3.67. The monoisotopic (exact) mass is 256 g/mol. The Morgan fingerprint density at radius 1 is 1.42 bits per heavy atom. The fraction of sp³-hybridized carbons (Fsp3) is 0.333. The molecule has 1 amide bonds. The molecule has 1 atom stereocenters. The minimum atomic E-state index is -0.111. The van der Waals surface area contributed by atoms with Gasteiger partial charge in [0.1, 0.15) is 11.8 Å². The zero-order valence-corrected chi connectivity index (χ0v) is 10.8. The lowest BCUT2D eigenvalue weighted by atomic mass is 9.87. The fourth-order valence-electron chi connectivity index (χ4n) is 2.65. The van der Waals surface area contributed by atoms with Crippen LogP contribution in [0.1, 0.15) is 46.1 Å². The fourth-order valence-corrected chi connectivity index (χ4v) is 2.65. The number of fused-ring (bicyclic) bond motifs is 1. The Bertz CT molecular complexity index is 604. The van der Waals surface area contributed by atoms with Crippen molar-refractivity contribution in [2.45, 2.75) is 32.2 Å². The van der Waals surface area contributed by atoms with Crippen molar-refractivity contribution in [3.63, 3.8) is 0 Å². The van der Waals surface area contributed by atoms with Gasteiger partial charge in [0.25, 0.3) is 5.91 Å². The van der Waals surface area contributed by atoms with Crippen LogP contribution in [-0.4, -0.2) is 11.1 Å². The minimum Gasteiger partial charge on any atom is -0.364 e. The number of nitrogens with zero attached hydrogens (tertiary/aromatic N) is 1. The van der Waals surface area contributed by atoms with E-state index < -0.39 is 0 Å². The highest BCUT2D eigenvalue weighted by Crippen LogP contribution is 2.29. The van der Waals surface area contributed by atoms with Gasteiger partial charge in [0.05, 0.1) is 11.7 Å². The van der Waals surface area contributed by atoms with E-state index in [4.69, 9.17) is 4.52 Å². The molecular formula is C15H16N2O2. The number of benzene rings is 1. The highest BCUT2D eigenvalue weighted by atomic mass is 16.5. The molecule has 4 heteroatoms. The molecule has 4 nitrogen and oxygen atoms in total. The van der Waals surface area contributed by atoms with Crippen molar-refractivity contribution in [2.75, 3.05) is 0 Å². The Morgan fingerprint density at radius 3 is 3.05 bits per heavy atom. The van der Waals surface area contributed by atoms with E-state index in [-0.39, 0.29) is 11.9 Å². The van der Waals surface area contributed by atoms with Crippen molar-refractivity contribution in [1.29, 1.82) is 0 Å². The number of nitrogens with one attached hydrogen (secondary N) is 1. The van der Waals surface area contributed by atoms with Crippen molar-refractivity contribution < 1.29 is 9.32 Å². The molecule has 1 unspecified atom stereocenters. The lowest BCUT2D eigenvalue weighted by Gasteiger charge is -2.26. The van der Waals surface area contributed by atoms with Gasteiger partial charge >= 0.3 is 0 Å². The van der Waals surface area contributed by atoms with E-state index in [9.17, 15) is 4.79 Å². The van der Waals surface area contributed by atoms with E-state index in [2.05, 4.69) is 22.6 Å². The Labute approximate surface area is 111 Å². The van der Waals surface area contributed by atoms with Gasteiger partial charge in [0.2, 0.25) is 0 Å². The topological polar surface area (TPSA) is 55.1 Å². The van der Waals surface area contributed by atoms with E-state index in [1.54, 1.807) is 6.92 Å². The van der Waals surface area contributed by atoms with Crippen molar-refractivity contribution in [2.24, 2.45) is 0 Å². The first-order valence-corrected chi connectivity index (χ1v) is 6.55. The Kier molecular flexibility index (Phi) is 3.07. The van der Waals surface area contributed by atoms with E-state index in [1.807, 2.05) is 12.1 Å². The van der Waals surface area contributed by atoms with Crippen LogP contribution >= 0.6 is 0 Å². The summed E-state index contributed by atoms with van der Waals surface area (Å²) in [6.07, 6.45) is 4.58. The van der Waals surface area contributed by atoms with Gasteiger partial charge < -0.3 is 9.84 Å². The van der Waals surface area contributed by atoms with E-state index in [0.717, 1.165) is 19.3 Å². The number of hydrogen-bond acceptors (Lipinski definition) is 3. The molecule has 98 valence electrons. The summed E-state index contributed by atoms with van der Waals surface area (Å²) in [7, 11) is 0. The summed E-state index contributed by atoms with van der Waals surface area (Å²) in [4.78, 5) is 12.2. The summed E-state index contributed by atoms with van der Waals surface area (Å²) >= 11 is 0. The number of hydrogen-bond donors (Lipinski definition) is 1. The van der Waals surface area contributed by atoms with E-state index in [1.165, 1.54) is 17.4 Å². The molecule has 1 aromatic heterocycles. The Hall–Kier alpha value is -2.10. The molecule has 0 fully saturated rings. The van der Waals surface area contributed by atoms with Gasteiger partial charge in [-0.1, -0.05) is 29.4 Å². The largest absolute Gasteiger partial charge is 0.364 e. The van der Waals surface area contributed by atoms with Crippen LogP contribution in [0.25, 0.3) is 0 Å². The van der Waals surface area contributed by atoms with Crippen molar-refractivity contribution in [3.8, 4) is 0 Å². The average molecular weight is 256 g/mol. The number of amides is 1. The first-order chi connectivity index (χ1) is 9.25. The molecule has 0 bridgehead atoms. The maximum Gasteiger partial charge on any atom is 0.256 e. The van der Waals surface area contributed by atoms with Crippen LogP contribution in [0, 0.1) is 6.92 Å². The molecule has 0 radical (unpaired) electrons. The quantitative estimate of drug-likeness (QED) is 0.898. The first kappa shape index (κ1) is 12.0. The molecule has 1 aromatic carbocycles. The van der Waals surface area contributed by atoms with Gasteiger partial charge in [-0.3, -0.25) is 4.79 Å². The van der Waals surface area contributed by atoms with Gasteiger partial charge in [-0.2, -0.15) is 0 Å². The molecule has 0 aliphatic heterocycles. The van der Waals surface area contributed by atoms with Crippen LogP contribution in [0.4, 0.5) is 0 Å². The third kappa shape index (κ3) is 2.26. The van der Waals surface area contributed by atoms with Gasteiger partial charge in [-0.15, -0.1) is 0 Å². The molecule has 0 saturated carbocycles. The summed E-state index contributed by atoms with van der Waals surface area (Å²) in [6.45, 7) is 1.77. The molecular weight excluding hydrogens is 240 g/mol. The van der Waals surface area contributed by atoms with Crippen LogP contribution in [0.2, 0.25) is 0 Å². The minimum absolute atomic E-state index is 0.0896. The normalized spacial score (nSPS) is 17.8. The zero-order chi connectivity index (χ0) is 13.2. The van der Waals surface area contributed by atoms with E-state index >= 15 is 0 Å². The number of carbonyl (C=O) groups is 1. The maximum absolute atomic E-state index is 12.2. The highest BCUT2D eigenvalue weighted by molar-refractivity contribution is 5.95. The predicted molar refractivity (Wildman–Crippen MR) is 70.8 cm³/mol. The molecule has 1 N–H and O–H groups in total. The average Bonchev–Trinajstić information content (AvgIpc) is 2.85. The number of aryl methyl sites for hydroxylation is 2. The van der Waals surface area contributed by atoms with Crippen LogP contribution in [0.3, 0.4) is 0 Å². The maximum atomic E-state index is 12.2. The summed E-state index contributed by atoms with van der Waals surface area (Å²) in [5.41, 5.74) is 3.71. The Balaban J connectivity index is 1.82. The second-order valence-electron chi connectivity index (χ2n) is 4.93. The van der Waals surface area contributed by atoms with Crippen molar-refractivity contribution in [3.05, 3.63) is 52.9 Å². The standard InChI is InChI=1S/C15H16N2O2/c1-10-13(9-19-17-10)15(18)16-14-8-4-6-11-5-2-3-7-12(11)14/h2-3,5,7,9,14H,4,6,8H2,1H3,(H,16,18). The van der Waals surface area contributed by atoms with E-state index in [0.29, 0.717) is 11.3 Å². The lowest BCUT2D eigenvalue weighted by Crippen LogP contribution is -2.31. The lowest BCUT2D eigenvalue weighted by molar-refractivity contribution is 0.0931. The van der Waals surface area contributed by atoms with Crippen molar-refractivity contribution in [1.82, 2.24) is 10.5 Å². The molecule has 1 aliphatic carbocycles. The zero-order valence-electron chi connectivity index (χ0n) is 10.8. The van der Waals surface area contributed by atoms with Gasteiger partial charge in [-0.25, -0.2) is 0 Å². The SMILES string of the molecule is Cc1nocc1C(=O)NC1CCCc2ccccc21. The highest BCUT2D eigenvalue weighted by Gasteiger charge is 2.23. The second kappa shape index (κ2) is 4.88. The van der Waals surface area contributed by atoms with Crippen LogP contribution in [-0.2, 0) is 6.42 Å². The summed E-state index contributed by atoms with van der Waals surface area (Å²) < 4.78 is 4.81. The predicted octanol–water partition coefficient (Wildman–Crippen LogP) is 2.79. The molecule has 19 heavy (non-hydrogen) atoms. The van der Waals surface area contributed by atoms with Gasteiger partial charge in [0, 0.05) is 0 Å². The summed E-state index contributed by atoms with van der Waals surface area (Å²) in [6, 6.07) is 8.39. The second-order valence-corrected chi connectivity index (χ2v) is 4.93. The number of rotatable bonds is 2. The molecule has 2 aromatic rings. The van der Waals surface area contributed by atoms with Crippen molar-refractivity contribution >= 4 is 5.91 Å². The molecule has 3 rings (SSSR count).